The molecule has 152 valence electrons. The average Bonchev–Trinajstić information content (AvgIpc) is 2.69. The van der Waals surface area contributed by atoms with E-state index < -0.39 is 29.5 Å². The van der Waals surface area contributed by atoms with E-state index in [0.717, 1.165) is 0 Å². The largest absolute Gasteiger partial charge is 0.338 e. The summed E-state index contributed by atoms with van der Waals surface area (Å²) in [6, 6.07) is 14.4. The van der Waals surface area contributed by atoms with Gasteiger partial charge < -0.3 is 21.7 Å². The number of benzene rings is 2. The molecule has 3 unspecified atom stereocenters. The summed E-state index contributed by atoms with van der Waals surface area (Å²) in [5.41, 5.74) is 6.47. The second-order valence-corrected chi connectivity index (χ2v) is 7.80. The monoisotopic (exact) mass is 433 g/mol. The predicted molar refractivity (Wildman–Crippen MR) is 113 cm³/mol. The van der Waals surface area contributed by atoms with Crippen LogP contribution in [0.2, 0.25) is 5.02 Å². The average molecular weight is 434 g/mol. The second kappa shape index (κ2) is 9.75. The van der Waals surface area contributed by atoms with Crippen LogP contribution < -0.4 is 27.0 Å². The molecule has 0 spiro atoms. The Morgan fingerprint density at radius 3 is 2.59 bits per heavy atom. The molecule has 1 fully saturated rings. The Balaban J connectivity index is 1.48. The van der Waals surface area contributed by atoms with Gasteiger partial charge in [0, 0.05) is 16.3 Å². The number of carbonyl (C=O) groups is 3. The van der Waals surface area contributed by atoms with Crippen molar-refractivity contribution in [2.45, 2.75) is 17.7 Å². The molecule has 1 heterocycles. The molecule has 0 bridgehead atoms. The minimum atomic E-state index is -0.931. The maximum absolute atomic E-state index is 12.4. The highest BCUT2D eigenvalue weighted by atomic mass is 35.5. The fourth-order valence-electron chi connectivity index (χ4n) is 2.68. The van der Waals surface area contributed by atoms with Gasteiger partial charge in [0.1, 0.15) is 11.5 Å². The van der Waals surface area contributed by atoms with Crippen LogP contribution in [0.5, 0.6) is 0 Å². The van der Waals surface area contributed by atoms with Crippen LogP contribution in [0.25, 0.3) is 0 Å². The molecule has 2 aromatic rings. The minimum Gasteiger partial charge on any atom is -0.338 e. The number of amides is 3. The van der Waals surface area contributed by atoms with E-state index in [1.807, 2.05) is 0 Å². The van der Waals surface area contributed by atoms with Crippen LogP contribution in [0.3, 0.4) is 0 Å². The quantitative estimate of drug-likeness (QED) is 0.464. The zero-order valence-corrected chi connectivity index (χ0v) is 16.8. The summed E-state index contributed by atoms with van der Waals surface area (Å²) < 4.78 is 0. The van der Waals surface area contributed by atoms with Gasteiger partial charge in [0.05, 0.1) is 11.9 Å². The van der Waals surface area contributed by atoms with Crippen molar-refractivity contribution in [2.75, 3.05) is 11.1 Å². The summed E-state index contributed by atoms with van der Waals surface area (Å²) in [4.78, 5) is 36.7. The lowest BCUT2D eigenvalue weighted by Crippen LogP contribution is -2.70. The van der Waals surface area contributed by atoms with E-state index in [9.17, 15) is 14.4 Å². The smallest absolute Gasteiger partial charge is 0.252 e. The van der Waals surface area contributed by atoms with Gasteiger partial charge in [0.15, 0.2) is 0 Å². The number of hydrogen-bond donors (Lipinski definition) is 5. The van der Waals surface area contributed by atoms with Crippen molar-refractivity contribution >= 4 is 46.8 Å². The molecule has 0 aromatic heterocycles. The molecule has 6 N–H and O–H groups in total. The Morgan fingerprint density at radius 1 is 1.14 bits per heavy atom. The number of nitrogens with one attached hydrogen (secondary N) is 4. The fraction of sp³-hybridized carbons (Fsp3) is 0.211. The lowest BCUT2D eigenvalue weighted by molar-refractivity contribution is -0.125. The van der Waals surface area contributed by atoms with Gasteiger partial charge in [0.2, 0.25) is 11.8 Å². The minimum absolute atomic E-state index is 0.0816. The third-order valence-corrected chi connectivity index (χ3v) is 5.32. The summed E-state index contributed by atoms with van der Waals surface area (Å²) in [7, 11) is 0. The third kappa shape index (κ3) is 5.94. The Labute approximate surface area is 176 Å². The zero-order chi connectivity index (χ0) is 20.8. The van der Waals surface area contributed by atoms with Crippen LogP contribution >= 0.6 is 23.4 Å². The van der Waals surface area contributed by atoms with Crippen molar-refractivity contribution in [2.24, 2.45) is 5.73 Å². The van der Waals surface area contributed by atoms with Gasteiger partial charge in [-0.2, -0.15) is 0 Å². The Hall–Kier alpha value is -2.59. The highest BCUT2D eigenvalue weighted by molar-refractivity contribution is 8.00. The van der Waals surface area contributed by atoms with Crippen LogP contribution in [-0.2, 0) is 9.59 Å². The molecule has 0 radical (unpaired) electrons. The highest BCUT2D eigenvalue weighted by Gasteiger charge is 2.35. The van der Waals surface area contributed by atoms with E-state index in [1.165, 1.54) is 11.8 Å². The summed E-state index contributed by atoms with van der Waals surface area (Å²) in [6.07, 6.45) is -0.801. The predicted octanol–water partition coefficient (Wildman–Crippen LogP) is 1.10. The van der Waals surface area contributed by atoms with Gasteiger partial charge >= 0.3 is 0 Å². The number of thioether (sulfide) groups is 1. The Bertz CT molecular complexity index is 898. The lowest BCUT2D eigenvalue weighted by Gasteiger charge is -2.35. The zero-order valence-electron chi connectivity index (χ0n) is 15.2. The van der Waals surface area contributed by atoms with Crippen LogP contribution in [-0.4, -0.2) is 41.2 Å². The maximum atomic E-state index is 12.4. The van der Waals surface area contributed by atoms with Gasteiger partial charge in [-0.3, -0.25) is 19.7 Å². The van der Waals surface area contributed by atoms with Crippen molar-refractivity contribution in [1.29, 1.82) is 0 Å². The normalized spacial score (nSPS) is 21.2. The van der Waals surface area contributed by atoms with E-state index >= 15 is 0 Å². The molecule has 1 saturated heterocycles. The molecule has 3 rings (SSSR count). The number of anilines is 1. The molecule has 1 aliphatic heterocycles. The SMILES string of the molecule is NC1NC(SCC(=O)Nc2cccc(Cl)c2)NC(=O)C1NC(=O)c1ccccc1. The van der Waals surface area contributed by atoms with Crippen LogP contribution in [0, 0.1) is 0 Å². The standard InChI is InChI=1S/C19H20ClN5O3S/c20-12-7-4-8-13(9-12)22-14(26)10-29-19-24-16(21)15(18(28)25-19)23-17(27)11-5-2-1-3-6-11/h1-9,15-16,19,24H,10,21H2,(H,22,26)(H,23,27)(H,25,28). The van der Waals surface area contributed by atoms with Crippen LogP contribution in [0.15, 0.2) is 54.6 Å². The topological polar surface area (TPSA) is 125 Å². The van der Waals surface area contributed by atoms with Gasteiger partial charge in [-0.15, -0.1) is 11.8 Å². The Morgan fingerprint density at radius 2 is 1.90 bits per heavy atom. The van der Waals surface area contributed by atoms with E-state index in [2.05, 4.69) is 21.3 Å². The summed E-state index contributed by atoms with van der Waals surface area (Å²) in [5, 5.41) is 11.5. The van der Waals surface area contributed by atoms with Gasteiger partial charge in [-0.1, -0.05) is 35.9 Å². The first-order chi connectivity index (χ1) is 13.9. The van der Waals surface area contributed by atoms with Gasteiger partial charge in [0.25, 0.3) is 5.91 Å². The first kappa shape index (κ1) is 21.1. The molecule has 10 heteroatoms. The molecule has 3 atom stereocenters. The van der Waals surface area contributed by atoms with Crippen molar-refractivity contribution in [1.82, 2.24) is 16.0 Å². The fourth-order valence-corrected chi connectivity index (χ4v) is 3.71. The number of rotatable bonds is 6. The number of halogens is 1. The van der Waals surface area contributed by atoms with E-state index in [1.54, 1.807) is 54.6 Å². The third-order valence-electron chi connectivity index (χ3n) is 4.07. The molecule has 0 aliphatic carbocycles. The van der Waals surface area contributed by atoms with E-state index in [4.69, 9.17) is 17.3 Å². The molecule has 8 nitrogen and oxygen atoms in total. The molecular formula is C19H20ClN5O3S. The van der Waals surface area contributed by atoms with E-state index in [0.29, 0.717) is 16.3 Å². The highest BCUT2D eigenvalue weighted by Crippen LogP contribution is 2.16. The molecule has 29 heavy (non-hydrogen) atoms. The van der Waals surface area contributed by atoms with Crippen LogP contribution in [0.4, 0.5) is 5.69 Å². The first-order valence-corrected chi connectivity index (χ1v) is 10.2. The van der Waals surface area contributed by atoms with Crippen molar-refractivity contribution in [3.8, 4) is 0 Å². The van der Waals surface area contributed by atoms with Crippen molar-refractivity contribution in [3.05, 3.63) is 65.2 Å². The molecule has 0 saturated carbocycles. The number of hydrogen-bond acceptors (Lipinski definition) is 6. The molecule has 1 aliphatic rings. The molecule has 2 aromatic carbocycles. The van der Waals surface area contributed by atoms with E-state index in [-0.39, 0.29) is 11.7 Å². The van der Waals surface area contributed by atoms with Crippen molar-refractivity contribution < 1.29 is 14.4 Å². The Kier molecular flexibility index (Phi) is 7.10. The number of carbonyl (C=O) groups excluding carboxylic acids is 3. The molecule has 3 amide bonds. The van der Waals surface area contributed by atoms with Crippen LogP contribution in [0.1, 0.15) is 10.4 Å². The lowest BCUT2D eigenvalue weighted by atomic mass is 10.1. The summed E-state index contributed by atoms with van der Waals surface area (Å²) in [6.45, 7) is 0. The van der Waals surface area contributed by atoms with Gasteiger partial charge in [-0.25, -0.2) is 0 Å². The molecular weight excluding hydrogens is 414 g/mol. The van der Waals surface area contributed by atoms with Gasteiger partial charge in [-0.05, 0) is 30.3 Å². The first-order valence-electron chi connectivity index (χ1n) is 8.77. The van der Waals surface area contributed by atoms with Crippen molar-refractivity contribution in [3.63, 3.8) is 0 Å². The maximum Gasteiger partial charge on any atom is 0.252 e. The summed E-state index contributed by atoms with van der Waals surface area (Å²) in [5.74, 6) is -0.984. The number of nitrogens with two attached hydrogens (primary N) is 1. The summed E-state index contributed by atoms with van der Waals surface area (Å²) >= 11 is 7.06. The second-order valence-electron chi connectivity index (χ2n) is 6.27.